The van der Waals surface area contributed by atoms with E-state index in [1.807, 2.05) is 0 Å². The Bertz CT molecular complexity index is 595. The number of hydrogen-bond acceptors (Lipinski definition) is 4. The molecule has 5 heteroatoms. The van der Waals surface area contributed by atoms with Gasteiger partial charge in [-0.25, -0.2) is 4.98 Å². The van der Waals surface area contributed by atoms with Gasteiger partial charge in [-0.15, -0.1) is 0 Å². The Morgan fingerprint density at radius 1 is 1.19 bits per heavy atom. The molecule has 0 amide bonds. The molecule has 3 heterocycles. The highest BCUT2D eigenvalue weighted by Gasteiger charge is 2.15. The average molecular weight is 288 g/mol. The van der Waals surface area contributed by atoms with Crippen molar-refractivity contribution in [2.75, 3.05) is 39.3 Å². The van der Waals surface area contributed by atoms with Crippen molar-refractivity contribution in [3.05, 3.63) is 35.8 Å². The smallest absolute Gasteiger partial charge is 0.139 e. The third-order valence-corrected chi connectivity index (χ3v) is 4.21. The van der Waals surface area contributed by atoms with Gasteiger partial charge in [0.25, 0.3) is 0 Å². The quantitative estimate of drug-likeness (QED) is 0.916. The SMILES string of the molecule is Cc1cccn2cc(CN3CCCN(CCO)CC3)nc12. The first-order chi connectivity index (χ1) is 10.3. The van der Waals surface area contributed by atoms with E-state index in [0.29, 0.717) is 0 Å². The first-order valence-corrected chi connectivity index (χ1v) is 7.75. The van der Waals surface area contributed by atoms with Crippen molar-refractivity contribution < 1.29 is 5.11 Å². The molecule has 0 saturated carbocycles. The Balaban J connectivity index is 1.66. The lowest BCUT2D eigenvalue weighted by Gasteiger charge is -2.20. The van der Waals surface area contributed by atoms with Crippen LogP contribution in [0.25, 0.3) is 5.65 Å². The van der Waals surface area contributed by atoms with Gasteiger partial charge in [0.15, 0.2) is 0 Å². The van der Waals surface area contributed by atoms with Crippen LogP contribution in [0, 0.1) is 6.92 Å². The van der Waals surface area contributed by atoms with Crippen LogP contribution in [0.4, 0.5) is 0 Å². The molecule has 3 rings (SSSR count). The second-order valence-corrected chi connectivity index (χ2v) is 5.85. The normalized spacial score (nSPS) is 18.2. The van der Waals surface area contributed by atoms with Crippen LogP contribution in [0.2, 0.25) is 0 Å². The molecule has 21 heavy (non-hydrogen) atoms. The number of imidazole rings is 1. The minimum Gasteiger partial charge on any atom is -0.395 e. The van der Waals surface area contributed by atoms with E-state index in [4.69, 9.17) is 10.1 Å². The van der Waals surface area contributed by atoms with Crippen LogP contribution < -0.4 is 0 Å². The Morgan fingerprint density at radius 3 is 2.81 bits per heavy atom. The lowest BCUT2D eigenvalue weighted by Crippen LogP contribution is -2.32. The van der Waals surface area contributed by atoms with Gasteiger partial charge < -0.3 is 9.51 Å². The monoisotopic (exact) mass is 288 g/mol. The van der Waals surface area contributed by atoms with Gasteiger partial charge in [-0.2, -0.15) is 0 Å². The third-order valence-electron chi connectivity index (χ3n) is 4.21. The number of aryl methyl sites for hydroxylation is 1. The molecule has 2 aromatic rings. The molecule has 0 aliphatic carbocycles. The Hall–Kier alpha value is -1.43. The maximum atomic E-state index is 9.05. The van der Waals surface area contributed by atoms with E-state index in [9.17, 15) is 0 Å². The van der Waals surface area contributed by atoms with Crippen molar-refractivity contribution in [3.63, 3.8) is 0 Å². The first-order valence-electron chi connectivity index (χ1n) is 7.75. The van der Waals surface area contributed by atoms with Crippen molar-refractivity contribution in [2.24, 2.45) is 0 Å². The molecule has 1 aliphatic heterocycles. The fourth-order valence-electron chi connectivity index (χ4n) is 3.06. The summed E-state index contributed by atoms with van der Waals surface area (Å²) in [5.41, 5.74) is 3.41. The second kappa shape index (κ2) is 6.56. The molecule has 2 aromatic heterocycles. The van der Waals surface area contributed by atoms with Crippen molar-refractivity contribution >= 4 is 5.65 Å². The number of nitrogens with zero attached hydrogens (tertiary/aromatic N) is 4. The van der Waals surface area contributed by atoms with Crippen LogP contribution in [0.3, 0.4) is 0 Å². The molecule has 0 unspecified atom stereocenters. The van der Waals surface area contributed by atoms with E-state index in [0.717, 1.165) is 57.0 Å². The van der Waals surface area contributed by atoms with Crippen LogP contribution in [0.1, 0.15) is 17.7 Å². The minimum absolute atomic E-state index is 0.256. The van der Waals surface area contributed by atoms with Gasteiger partial charge >= 0.3 is 0 Å². The van der Waals surface area contributed by atoms with Gasteiger partial charge in [-0.3, -0.25) is 9.80 Å². The summed E-state index contributed by atoms with van der Waals surface area (Å²) in [6.45, 7) is 8.34. The van der Waals surface area contributed by atoms with Gasteiger partial charge in [0.05, 0.1) is 12.3 Å². The Kier molecular flexibility index (Phi) is 4.53. The molecular weight excluding hydrogens is 264 g/mol. The summed E-state index contributed by atoms with van der Waals surface area (Å²) in [6.07, 6.45) is 5.36. The maximum Gasteiger partial charge on any atom is 0.139 e. The average Bonchev–Trinajstić information content (AvgIpc) is 2.76. The summed E-state index contributed by atoms with van der Waals surface area (Å²) in [5, 5.41) is 9.05. The summed E-state index contributed by atoms with van der Waals surface area (Å²) in [7, 11) is 0. The van der Waals surface area contributed by atoms with Crippen LogP contribution in [0.5, 0.6) is 0 Å². The zero-order valence-electron chi connectivity index (χ0n) is 12.7. The molecule has 0 bridgehead atoms. The van der Waals surface area contributed by atoms with Crippen molar-refractivity contribution in [1.29, 1.82) is 0 Å². The molecule has 1 aliphatic rings. The number of rotatable bonds is 4. The molecule has 5 nitrogen and oxygen atoms in total. The van der Waals surface area contributed by atoms with Crippen molar-refractivity contribution in [2.45, 2.75) is 19.9 Å². The van der Waals surface area contributed by atoms with Gasteiger partial charge in [-0.1, -0.05) is 6.07 Å². The van der Waals surface area contributed by atoms with E-state index in [1.54, 1.807) is 0 Å². The van der Waals surface area contributed by atoms with E-state index < -0.39 is 0 Å². The Labute approximate surface area is 125 Å². The Morgan fingerprint density at radius 2 is 2.00 bits per heavy atom. The van der Waals surface area contributed by atoms with Crippen LogP contribution in [-0.2, 0) is 6.54 Å². The number of hydrogen-bond donors (Lipinski definition) is 1. The largest absolute Gasteiger partial charge is 0.395 e. The number of aromatic nitrogens is 2. The van der Waals surface area contributed by atoms with E-state index in [2.05, 4.69) is 45.7 Å². The molecular formula is C16H24N4O. The summed E-state index contributed by atoms with van der Waals surface area (Å²) in [5.74, 6) is 0. The maximum absolute atomic E-state index is 9.05. The third kappa shape index (κ3) is 3.43. The highest BCUT2D eigenvalue weighted by atomic mass is 16.3. The fourth-order valence-corrected chi connectivity index (χ4v) is 3.06. The molecule has 0 atom stereocenters. The van der Waals surface area contributed by atoms with Gasteiger partial charge in [-0.05, 0) is 38.1 Å². The van der Waals surface area contributed by atoms with Crippen LogP contribution in [-0.4, -0.2) is 63.6 Å². The van der Waals surface area contributed by atoms with Gasteiger partial charge in [0.2, 0.25) is 0 Å². The highest BCUT2D eigenvalue weighted by Crippen LogP contribution is 2.13. The number of aliphatic hydroxyl groups is 1. The number of pyridine rings is 1. The first kappa shape index (κ1) is 14.5. The van der Waals surface area contributed by atoms with Crippen molar-refractivity contribution in [3.8, 4) is 0 Å². The summed E-state index contributed by atoms with van der Waals surface area (Å²) in [4.78, 5) is 9.57. The molecule has 1 N–H and O–H groups in total. The molecule has 1 fully saturated rings. The van der Waals surface area contributed by atoms with Crippen LogP contribution in [0.15, 0.2) is 24.5 Å². The lowest BCUT2D eigenvalue weighted by atomic mass is 10.3. The lowest BCUT2D eigenvalue weighted by molar-refractivity contribution is 0.195. The number of aliphatic hydroxyl groups excluding tert-OH is 1. The predicted octanol–water partition coefficient (Wildman–Crippen LogP) is 1.14. The summed E-state index contributed by atoms with van der Waals surface area (Å²) in [6, 6.07) is 4.16. The van der Waals surface area contributed by atoms with Crippen LogP contribution >= 0.6 is 0 Å². The standard InChI is InChI=1S/C16H24N4O/c1-14-4-2-7-20-13-15(17-16(14)20)12-19-6-3-5-18(8-9-19)10-11-21/h2,4,7,13,21H,3,5-6,8-12H2,1H3. The molecule has 0 spiro atoms. The van der Waals surface area contributed by atoms with E-state index >= 15 is 0 Å². The van der Waals surface area contributed by atoms with Gasteiger partial charge in [0, 0.05) is 38.6 Å². The minimum atomic E-state index is 0.256. The number of fused-ring (bicyclic) bond motifs is 1. The van der Waals surface area contributed by atoms with Crippen molar-refractivity contribution in [1.82, 2.24) is 19.2 Å². The molecule has 0 radical (unpaired) electrons. The van der Waals surface area contributed by atoms with Gasteiger partial charge in [0.1, 0.15) is 5.65 Å². The second-order valence-electron chi connectivity index (χ2n) is 5.85. The van der Waals surface area contributed by atoms with E-state index in [1.165, 1.54) is 5.56 Å². The zero-order valence-corrected chi connectivity index (χ0v) is 12.7. The zero-order chi connectivity index (χ0) is 14.7. The highest BCUT2D eigenvalue weighted by molar-refractivity contribution is 5.47. The molecule has 114 valence electrons. The topological polar surface area (TPSA) is 44.0 Å². The van der Waals surface area contributed by atoms with E-state index in [-0.39, 0.29) is 6.61 Å². The summed E-state index contributed by atoms with van der Waals surface area (Å²) >= 11 is 0. The molecule has 0 aromatic carbocycles. The molecule has 1 saturated heterocycles. The number of β-amino-alcohol motifs (C(OH)–C–C–N with tert-alkyl or cyclic N) is 1. The fraction of sp³-hybridized carbons (Fsp3) is 0.562. The summed E-state index contributed by atoms with van der Waals surface area (Å²) < 4.78 is 2.11. The predicted molar refractivity (Wildman–Crippen MR) is 83.3 cm³/mol.